The predicted octanol–water partition coefficient (Wildman–Crippen LogP) is 14.3. The maximum atomic E-state index is 16.1. The van der Waals surface area contributed by atoms with Crippen LogP contribution in [0.5, 0.6) is 23.0 Å². The number of aromatic hydroxyl groups is 1. The number of fused-ring (bicyclic) bond motifs is 2. The van der Waals surface area contributed by atoms with Crippen LogP contribution in [-0.4, -0.2) is 5.11 Å². The second kappa shape index (κ2) is 14.7. The van der Waals surface area contributed by atoms with Crippen molar-refractivity contribution in [1.29, 1.82) is 0 Å². The van der Waals surface area contributed by atoms with Crippen LogP contribution in [0.15, 0.2) is 48.5 Å². The molecule has 0 amide bonds. The first-order chi connectivity index (χ1) is 25.1. The molecule has 0 saturated heterocycles. The van der Waals surface area contributed by atoms with E-state index in [4.69, 9.17) is 13.6 Å². The van der Waals surface area contributed by atoms with Gasteiger partial charge in [-0.1, -0.05) is 167 Å². The molecule has 0 saturated carbocycles. The summed E-state index contributed by atoms with van der Waals surface area (Å²) in [6.07, 6.45) is 2.17. The third-order valence-electron chi connectivity index (χ3n) is 10.7. The quantitative estimate of drug-likeness (QED) is 0.198. The molecule has 0 bridgehead atoms. The van der Waals surface area contributed by atoms with Gasteiger partial charge in [-0.3, -0.25) is 0 Å². The first kappa shape index (κ1) is 42.5. The van der Waals surface area contributed by atoms with Crippen molar-refractivity contribution in [2.24, 2.45) is 0 Å². The highest BCUT2D eigenvalue weighted by molar-refractivity contribution is 7.49. The molecule has 1 aliphatic rings. The fourth-order valence-electron chi connectivity index (χ4n) is 8.01. The van der Waals surface area contributed by atoms with Crippen molar-refractivity contribution in [2.45, 2.75) is 165 Å². The Morgan fingerprint density at radius 1 is 0.582 bits per heavy atom. The van der Waals surface area contributed by atoms with Gasteiger partial charge in [-0.25, -0.2) is 0 Å². The maximum Gasteiger partial charge on any atom is 0.647 e. The van der Waals surface area contributed by atoms with Crippen LogP contribution < -0.4 is 13.6 Å². The summed E-state index contributed by atoms with van der Waals surface area (Å²) in [5.74, 6) is 1.82. The second-order valence-electron chi connectivity index (χ2n) is 20.3. The molecule has 0 spiro atoms. The Labute approximate surface area is 332 Å². The van der Waals surface area contributed by atoms with Crippen LogP contribution in [0.1, 0.15) is 176 Å². The Morgan fingerprint density at radius 2 is 0.964 bits per heavy atom. The van der Waals surface area contributed by atoms with Gasteiger partial charge in [0.25, 0.3) is 0 Å². The summed E-state index contributed by atoms with van der Waals surface area (Å²) in [5.41, 5.74) is 10.3. The van der Waals surface area contributed by atoms with Gasteiger partial charge in [0.15, 0.2) is 0 Å². The smallest absolute Gasteiger partial charge is 0.507 e. The third-order valence-corrected chi connectivity index (χ3v) is 11.9. The molecule has 0 unspecified atom stereocenters. The lowest BCUT2D eigenvalue weighted by atomic mass is 9.77. The largest absolute Gasteiger partial charge is 0.647 e. The monoisotopic (exact) mass is 766 g/mol. The molecule has 0 aliphatic carbocycles. The molecule has 298 valence electrons. The van der Waals surface area contributed by atoms with Crippen molar-refractivity contribution < 1.29 is 23.2 Å². The fraction of sp³-hybridized carbons (Fsp3) is 0.510. The van der Waals surface area contributed by atoms with Crippen LogP contribution in [0, 0.1) is 27.7 Å². The Kier molecular flexibility index (Phi) is 11.3. The SMILES string of the molecule is CCCC1c2cc(C)cc(C(C)(C)C)c2OP(=O)(Oc2c(Cc3cc(C)cc(C(C)(C)C)c3O)cc(C)cc2C(C)(C)C)Oc2c1cc(C)cc2C(C)(C)C. The van der Waals surface area contributed by atoms with Crippen LogP contribution in [0.25, 0.3) is 0 Å². The first-order valence-corrected chi connectivity index (χ1v) is 21.5. The van der Waals surface area contributed by atoms with Crippen molar-refractivity contribution in [1.82, 2.24) is 0 Å². The number of hydrogen-bond acceptors (Lipinski definition) is 5. The van der Waals surface area contributed by atoms with E-state index in [2.05, 4.69) is 160 Å². The molecule has 5 rings (SSSR count). The van der Waals surface area contributed by atoms with Crippen molar-refractivity contribution in [3.63, 3.8) is 0 Å². The topological polar surface area (TPSA) is 65.0 Å². The Morgan fingerprint density at radius 3 is 1.38 bits per heavy atom. The molecule has 1 N–H and O–H groups in total. The van der Waals surface area contributed by atoms with E-state index >= 15 is 4.57 Å². The highest BCUT2D eigenvalue weighted by Crippen LogP contribution is 2.60. The molecule has 55 heavy (non-hydrogen) atoms. The zero-order valence-corrected chi connectivity index (χ0v) is 37.7. The summed E-state index contributed by atoms with van der Waals surface area (Å²) in [4.78, 5) is 0. The van der Waals surface area contributed by atoms with Crippen LogP contribution in [0.2, 0.25) is 0 Å². The summed E-state index contributed by atoms with van der Waals surface area (Å²) >= 11 is 0. The highest BCUT2D eigenvalue weighted by atomic mass is 31.2. The summed E-state index contributed by atoms with van der Waals surface area (Å²) in [6, 6.07) is 17.0. The number of phenolic OH excluding ortho intramolecular Hbond substituents is 1. The van der Waals surface area contributed by atoms with E-state index < -0.39 is 13.2 Å². The van der Waals surface area contributed by atoms with E-state index in [1.807, 2.05) is 6.07 Å². The van der Waals surface area contributed by atoms with Crippen LogP contribution in [0.3, 0.4) is 0 Å². The summed E-state index contributed by atoms with van der Waals surface area (Å²) < 4.78 is 36.9. The predicted molar refractivity (Wildman–Crippen MR) is 230 cm³/mol. The number of rotatable bonds is 6. The van der Waals surface area contributed by atoms with E-state index in [-0.39, 0.29) is 27.9 Å². The zero-order valence-electron chi connectivity index (χ0n) is 36.8. The van der Waals surface area contributed by atoms with Crippen LogP contribution >= 0.6 is 7.82 Å². The average molecular weight is 767 g/mol. The highest BCUT2D eigenvalue weighted by Gasteiger charge is 2.44. The lowest BCUT2D eigenvalue weighted by molar-refractivity contribution is 0.283. The molecule has 5 nitrogen and oxygen atoms in total. The number of phosphoric ester groups is 1. The van der Waals surface area contributed by atoms with Crippen LogP contribution in [-0.2, 0) is 32.6 Å². The minimum Gasteiger partial charge on any atom is -0.507 e. The van der Waals surface area contributed by atoms with E-state index in [9.17, 15) is 5.11 Å². The van der Waals surface area contributed by atoms with Crippen molar-refractivity contribution in [2.75, 3.05) is 0 Å². The van der Waals surface area contributed by atoms with Crippen molar-refractivity contribution >= 4 is 7.82 Å². The molecule has 6 heteroatoms. The number of benzene rings is 4. The zero-order chi connectivity index (χ0) is 41.2. The number of hydrogen-bond donors (Lipinski definition) is 1. The van der Waals surface area contributed by atoms with E-state index in [1.165, 1.54) is 0 Å². The first-order valence-electron chi connectivity index (χ1n) is 20.1. The van der Waals surface area contributed by atoms with Gasteiger partial charge in [-0.2, -0.15) is 4.57 Å². The van der Waals surface area contributed by atoms with Gasteiger partial charge in [0.2, 0.25) is 0 Å². The van der Waals surface area contributed by atoms with Gasteiger partial charge in [0.1, 0.15) is 23.0 Å². The summed E-state index contributed by atoms with van der Waals surface area (Å²) in [6.45, 7) is 36.3. The minimum atomic E-state index is -4.50. The molecule has 4 aromatic carbocycles. The van der Waals surface area contributed by atoms with Gasteiger partial charge >= 0.3 is 7.82 Å². The molecule has 0 radical (unpaired) electrons. The van der Waals surface area contributed by atoms with E-state index in [0.717, 1.165) is 79.6 Å². The average Bonchev–Trinajstić information content (AvgIpc) is 3.01. The maximum absolute atomic E-state index is 16.1. The standard InChI is InChI=1S/C49H67O5P/c1-18-19-35-36-22-31(4)26-40(48(12,13)14)44(36)53-55(51,54-45-37(35)23-32(5)27-41(45)49(15,16)17)52-43-34(21-30(3)25-39(43)47(9,10)11)28-33-20-29(2)24-38(42(33)50)46(6,7)8/h20-27,35,50H,18-19,28H2,1-17H3. The fourth-order valence-corrected chi connectivity index (χ4v) is 9.41. The summed E-state index contributed by atoms with van der Waals surface area (Å²) in [7, 11) is -4.50. The molecule has 4 aromatic rings. The van der Waals surface area contributed by atoms with E-state index in [1.54, 1.807) is 0 Å². The number of phenols is 1. The normalized spacial score (nSPS) is 17.7. The summed E-state index contributed by atoms with van der Waals surface area (Å²) in [5, 5.41) is 11.7. The molecule has 0 aromatic heterocycles. The van der Waals surface area contributed by atoms with Crippen molar-refractivity contribution in [3.8, 4) is 23.0 Å². The van der Waals surface area contributed by atoms with Gasteiger partial charge in [0, 0.05) is 40.2 Å². The minimum absolute atomic E-state index is 0.0490. The molecule has 0 atom stereocenters. The lowest BCUT2D eigenvalue weighted by Gasteiger charge is -2.36. The Balaban J connectivity index is 1.86. The van der Waals surface area contributed by atoms with E-state index in [0.29, 0.717) is 23.7 Å². The Bertz CT molecular complexity index is 2070. The lowest BCUT2D eigenvalue weighted by Crippen LogP contribution is -2.23. The number of aryl methyl sites for hydroxylation is 4. The third kappa shape index (κ3) is 8.99. The Hall–Kier alpha value is -3.69. The second-order valence-corrected chi connectivity index (χ2v) is 21.8. The van der Waals surface area contributed by atoms with Gasteiger partial charge in [0.05, 0.1) is 0 Å². The molecule has 0 fully saturated rings. The van der Waals surface area contributed by atoms with Crippen LogP contribution in [0.4, 0.5) is 0 Å². The molecule has 1 aliphatic heterocycles. The molecule has 1 heterocycles. The number of phosphoric acid groups is 1. The van der Waals surface area contributed by atoms with Crippen molar-refractivity contribution in [3.05, 3.63) is 115 Å². The molecular weight excluding hydrogens is 700 g/mol. The van der Waals surface area contributed by atoms with Gasteiger partial charge < -0.3 is 18.7 Å². The molecular formula is C49H67O5P. The van der Waals surface area contributed by atoms with Gasteiger partial charge in [-0.05, 0) is 72.5 Å². The van der Waals surface area contributed by atoms with Gasteiger partial charge in [-0.15, -0.1) is 0 Å².